The van der Waals surface area contributed by atoms with E-state index < -0.39 is 18.7 Å². The standard InChI is InChI=1S/C11H12N2O4/c14-6-7(15)5-13-9-4-2-1-3-8(9)10(12-13)11(16)17/h1-4,7,14-15H,5-6H2,(H,16,17). The lowest BCUT2D eigenvalue weighted by molar-refractivity contribution is 0.0682. The molecule has 0 spiro atoms. The van der Waals surface area contributed by atoms with Crippen LogP contribution in [0.1, 0.15) is 10.5 Å². The average molecular weight is 236 g/mol. The second-order valence-corrected chi connectivity index (χ2v) is 3.69. The van der Waals surface area contributed by atoms with E-state index in [-0.39, 0.29) is 12.2 Å². The zero-order chi connectivity index (χ0) is 12.4. The van der Waals surface area contributed by atoms with Crippen molar-refractivity contribution in [2.75, 3.05) is 6.61 Å². The van der Waals surface area contributed by atoms with Gasteiger partial charge in [0.2, 0.25) is 0 Å². The summed E-state index contributed by atoms with van der Waals surface area (Å²) in [5.74, 6) is -1.11. The van der Waals surface area contributed by atoms with E-state index in [9.17, 15) is 9.90 Å². The third-order valence-electron chi connectivity index (χ3n) is 2.45. The number of rotatable bonds is 4. The Balaban J connectivity index is 2.52. The molecular weight excluding hydrogens is 224 g/mol. The Morgan fingerprint density at radius 1 is 1.41 bits per heavy atom. The van der Waals surface area contributed by atoms with Crippen molar-refractivity contribution in [2.24, 2.45) is 0 Å². The van der Waals surface area contributed by atoms with Gasteiger partial charge in [0.05, 0.1) is 24.8 Å². The van der Waals surface area contributed by atoms with Crippen molar-refractivity contribution in [2.45, 2.75) is 12.6 Å². The molecule has 1 atom stereocenters. The summed E-state index contributed by atoms with van der Waals surface area (Å²) in [5.41, 5.74) is 0.572. The smallest absolute Gasteiger partial charge is 0.357 e. The molecule has 90 valence electrons. The molecule has 0 aliphatic heterocycles. The van der Waals surface area contributed by atoms with Crippen LogP contribution in [-0.4, -0.2) is 43.8 Å². The van der Waals surface area contributed by atoms with Gasteiger partial charge < -0.3 is 15.3 Å². The van der Waals surface area contributed by atoms with E-state index in [0.29, 0.717) is 10.9 Å². The molecule has 0 amide bonds. The molecule has 0 saturated heterocycles. The topological polar surface area (TPSA) is 95.6 Å². The lowest BCUT2D eigenvalue weighted by atomic mass is 10.2. The fraction of sp³-hybridized carbons (Fsp3) is 0.273. The number of benzene rings is 1. The first kappa shape index (κ1) is 11.6. The second-order valence-electron chi connectivity index (χ2n) is 3.69. The summed E-state index contributed by atoms with van der Waals surface area (Å²) in [7, 11) is 0. The number of hydrogen-bond donors (Lipinski definition) is 3. The zero-order valence-electron chi connectivity index (χ0n) is 8.95. The molecule has 0 saturated carbocycles. The first-order chi connectivity index (χ1) is 8.13. The minimum absolute atomic E-state index is 0.0502. The van der Waals surface area contributed by atoms with E-state index >= 15 is 0 Å². The predicted octanol–water partition coefficient (Wildman–Crippen LogP) is 0.0877. The molecule has 2 rings (SSSR count). The van der Waals surface area contributed by atoms with Crippen LogP contribution >= 0.6 is 0 Å². The maximum absolute atomic E-state index is 11.0. The van der Waals surface area contributed by atoms with Gasteiger partial charge in [-0.3, -0.25) is 4.68 Å². The van der Waals surface area contributed by atoms with Gasteiger partial charge >= 0.3 is 5.97 Å². The van der Waals surface area contributed by atoms with Crippen LogP contribution in [0.4, 0.5) is 0 Å². The number of para-hydroxylation sites is 1. The maximum Gasteiger partial charge on any atom is 0.357 e. The van der Waals surface area contributed by atoms with Crippen molar-refractivity contribution in [3.8, 4) is 0 Å². The van der Waals surface area contributed by atoms with Gasteiger partial charge in [-0.25, -0.2) is 4.79 Å². The van der Waals surface area contributed by atoms with Crippen LogP contribution < -0.4 is 0 Å². The Morgan fingerprint density at radius 3 is 2.76 bits per heavy atom. The number of hydrogen-bond acceptors (Lipinski definition) is 4. The summed E-state index contributed by atoms with van der Waals surface area (Å²) in [6, 6.07) is 6.87. The van der Waals surface area contributed by atoms with E-state index in [0.717, 1.165) is 0 Å². The number of aromatic nitrogens is 2. The van der Waals surface area contributed by atoms with Crippen molar-refractivity contribution in [3.63, 3.8) is 0 Å². The molecule has 2 aromatic rings. The summed E-state index contributed by atoms with van der Waals surface area (Å²) in [4.78, 5) is 11.0. The molecule has 17 heavy (non-hydrogen) atoms. The number of carboxylic acid groups (broad SMARTS) is 1. The van der Waals surface area contributed by atoms with Gasteiger partial charge in [-0.1, -0.05) is 18.2 Å². The monoisotopic (exact) mass is 236 g/mol. The first-order valence-corrected chi connectivity index (χ1v) is 5.11. The molecular formula is C11H12N2O4. The SMILES string of the molecule is O=C(O)c1nn(CC(O)CO)c2ccccc12. The van der Waals surface area contributed by atoms with Crippen LogP contribution in [-0.2, 0) is 6.54 Å². The molecule has 0 radical (unpaired) electrons. The molecule has 1 heterocycles. The van der Waals surface area contributed by atoms with E-state index in [4.69, 9.17) is 10.2 Å². The van der Waals surface area contributed by atoms with Gasteiger partial charge in [0.15, 0.2) is 5.69 Å². The molecule has 6 nitrogen and oxygen atoms in total. The average Bonchev–Trinajstić information content (AvgIpc) is 2.68. The minimum Gasteiger partial charge on any atom is -0.476 e. The van der Waals surface area contributed by atoms with Gasteiger partial charge in [0.1, 0.15) is 0 Å². The summed E-state index contributed by atoms with van der Waals surface area (Å²) in [5, 5.41) is 31.6. The van der Waals surface area contributed by atoms with Crippen LogP contribution in [0.3, 0.4) is 0 Å². The van der Waals surface area contributed by atoms with Crippen LogP contribution in [0.15, 0.2) is 24.3 Å². The lowest BCUT2D eigenvalue weighted by Crippen LogP contribution is -2.20. The maximum atomic E-state index is 11.0. The molecule has 0 bridgehead atoms. The largest absolute Gasteiger partial charge is 0.476 e. The van der Waals surface area contributed by atoms with Crippen LogP contribution in [0.5, 0.6) is 0 Å². The van der Waals surface area contributed by atoms with Crippen molar-refractivity contribution in [3.05, 3.63) is 30.0 Å². The van der Waals surface area contributed by atoms with Crippen LogP contribution in [0.2, 0.25) is 0 Å². The van der Waals surface area contributed by atoms with Crippen molar-refractivity contribution in [1.29, 1.82) is 0 Å². The molecule has 3 N–H and O–H groups in total. The van der Waals surface area contributed by atoms with Gasteiger partial charge in [0.25, 0.3) is 0 Å². The molecule has 0 aliphatic carbocycles. The number of aliphatic hydroxyl groups is 2. The quantitative estimate of drug-likeness (QED) is 0.699. The molecule has 0 aliphatic rings. The third-order valence-corrected chi connectivity index (χ3v) is 2.45. The molecule has 0 fully saturated rings. The lowest BCUT2D eigenvalue weighted by Gasteiger charge is -2.07. The number of carbonyl (C=O) groups is 1. The highest BCUT2D eigenvalue weighted by atomic mass is 16.4. The molecule has 6 heteroatoms. The molecule has 1 unspecified atom stereocenters. The van der Waals surface area contributed by atoms with E-state index in [1.807, 2.05) is 0 Å². The van der Waals surface area contributed by atoms with Crippen LogP contribution in [0, 0.1) is 0 Å². The molecule has 1 aromatic carbocycles. The highest BCUT2D eigenvalue weighted by Gasteiger charge is 2.17. The van der Waals surface area contributed by atoms with Crippen molar-refractivity contribution < 1.29 is 20.1 Å². The Hall–Kier alpha value is -1.92. The normalized spacial score (nSPS) is 12.8. The summed E-state index contributed by atoms with van der Waals surface area (Å²) in [6.45, 7) is -0.332. The third kappa shape index (κ3) is 2.13. The van der Waals surface area contributed by atoms with Gasteiger partial charge in [0, 0.05) is 5.39 Å². The number of carboxylic acids is 1. The van der Waals surface area contributed by atoms with E-state index in [1.165, 1.54) is 4.68 Å². The Kier molecular flexibility index (Phi) is 3.08. The summed E-state index contributed by atoms with van der Waals surface area (Å²) in [6.07, 6.45) is -0.958. The Labute approximate surface area is 96.7 Å². The number of aromatic carboxylic acids is 1. The second kappa shape index (κ2) is 4.52. The van der Waals surface area contributed by atoms with Crippen LogP contribution in [0.25, 0.3) is 10.9 Å². The Bertz CT molecular complexity index is 549. The Morgan fingerprint density at radius 2 is 2.12 bits per heavy atom. The predicted molar refractivity (Wildman–Crippen MR) is 59.8 cm³/mol. The van der Waals surface area contributed by atoms with Crippen molar-refractivity contribution in [1.82, 2.24) is 9.78 Å². The van der Waals surface area contributed by atoms with Crippen molar-refractivity contribution >= 4 is 16.9 Å². The fourth-order valence-electron chi connectivity index (χ4n) is 1.68. The highest BCUT2D eigenvalue weighted by Crippen LogP contribution is 2.18. The minimum atomic E-state index is -1.11. The number of fused-ring (bicyclic) bond motifs is 1. The zero-order valence-corrected chi connectivity index (χ0v) is 8.95. The first-order valence-electron chi connectivity index (χ1n) is 5.11. The number of nitrogens with zero attached hydrogens (tertiary/aromatic N) is 2. The number of aliphatic hydroxyl groups excluding tert-OH is 2. The highest BCUT2D eigenvalue weighted by molar-refractivity contribution is 6.01. The fourth-order valence-corrected chi connectivity index (χ4v) is 1.68. The summed E-state index contributed by atoms with van der Waals surface area (Å²) >= 11 is 0. The molecule has 1 aromatic heterocycles. The summed E-state index contributed by atoms with van der Waals surface area (Å²) < 4.78 is 1.39. The van der Waals surface area contributed by atoms with Gasteiger partial charge in [-0.05, 0) is 6.07 Å². The van der Waals surface area contributed by atoms with E-state index in [2.05, 4.69) is 5.10 Å². The van der Waals surface area contributed by atoms with E-state index in [1.54, 1.807) is 24.3 Å². The van der Waals surface area contributed by atoms with Gasteiger partial charge in [-0.15, -0.1) is 0 Å². The van der Waals surface area contributed by atoms with Gasteiger partial charge in [-0.2, -0.15) is 5.10 Å².